The van der Waals surface area contributed by atoms with E-state index in [-0.39, 0.29) is 5.57 Å². The minimum atomic E-state index is -1.45. The van der Waals surface area contributed by atoms with Crippen LogP contribution in [0, 0.1) is 5.41 Å². The molecule has 2 saturated carbocycles. The molecule has 2 N–H and O–H groups in total. The highest BCUT2D eigenvalue weighted by Crippen LogP contribution is 2.60. The summed E-state index contributed by atoms with van der Waals surface area (Å²) in [5, 5.41) is 22.0. The van der Waals surface area contributed by atoms with Crippen molar-refractivity contribution in [2.45, 2.75) is 56.3 Å². The van der Waals surface area contributed by atoms with Crippen molar-refractivity contribution >= 4 is 5.97 Å². The standard InChI is InChI=1S/C15H20O4/c1-9-5-4-6-13(3)7-8-14(17)10(2)11(16)19-12(14)15(9,13)18/h12,17-18H,1-2,4-8H2,3H3/t12-,13-,14-,15+/m1/s1. The molecule has 3 aliphatic rings. The van der Waals surface area contributed by atoms with Gasteiger partial charge < -0.3 is 14.9 Å². The van der Waals surface area contributed by atoms with Crippen molar-refractivity contribution in [2.24, 2.45) is 5.41 Å². The summed E-state index contributed by atoms with van der Waals surface area (Å²) in [5.41, 5.74) is -2.48. The SMILES string of the molecule is C=C1C(=O)O[C@@H]2[C@@]1(O)CC[C@@]1(C)CCCC(=C)[C@]21O. The van der Waals surface area contributed by atoms with Crippen LogP contribution >= 0.6 is 0 Å². The molecule has 1 saturated heterocycles. The van der Waals surface area contributed by atoms with Gasteiger partial charge in [-0.2, -0.15) is 0 Å². The summed E-state index contributed by atoms with van der Waals surface area (Å²) in [6, 6.07) is 0. The van der Waals surface area contributed by atoms with E-state index in [0.29, 0.717) is 24.8 Å². The first-order valence-electron chi connectivity index (χ1n) is 6.79. The van der Waals surface area contributed by atoms with Crippen LogP contribution in [0.2, 0.25) is 0 Å². The van der Waals surface area contributed by atoms with Crippen LogP contribution in [0.3, 0.4) is 0 Å². The highest BCUT2D eigenvalue weighted by Gasteiger charge is 2.70. The Kier molecular flexibility index (Phi) is 2.37. The Morgan fingerprint density at radius 3 is 2.63 bits per heavy atom. The van der Waals surface area contributed by atoms with Crippen molar-refractivity contribution in [1.82, 2.24) is 0 Å². The Bertz CT molecular complexity index is 496. The fourth-order valence-electron chi connectivity index (χ4n) is 4.11. The van der Waals surface area contributed by atoms with Crippen LogP contribution < -0.4 is 0 Å². The Morgan fingerprint density at radius 2 is 1.95 bits per heavy atom. The summed E-state index contributed by atoms with van der Waals surface area (Å²) in [4.78, 5) is 11.8. The van der Waals surface area contributed by atoms with Gasteiger partial charge in [-0.3, -0.25) is 0 Å². The maximum Gasteiger partial charge on any atom is 0.337 e. The van der Waals surface area contributed by atoms with Crippen LogP contribution in [0.5, 0.6) is 0 Å². The molecule has 0 radical (unpaired) electrons. The predicted octanol–water partition coefficient (Wildman–Crippen LogP) is 1.47. The van der Waals surface area contributed by atoms with Crippen LogP contribution in [0.25, 0.3) is 0 Å². The fraction of sp³-hybridized carbons (Fsp3) is 0.667. The van der Waals surface area contributed by atoms with E-state index in [9.17, 15) is 15.0 Å². The number of carbonyl (C=O) groups excluding carboxylic acids is 1. The average Bonchev–Trinajstić information content (AvgIpc) is 2.59. The molecule has 4 atom stereocenters. The zero-order chi connectivity index (χ0) is 14.1. The first-order valence-corrected chi connectivity index (χ1v) is 6.79. The van der Waals surface area contributed by atoms with Gasteiger partial charge in [0.1, 0.15) is 11.2 Å². The molecule has 0 bridgehead atoms. The largest absolute Gasteiger partial charge is 0.452 e. The first kappa shape index (κ1) is 12.9. The van der Waals surface area contributed by atoms with Crippen molar-refractivity contribution in [1.29, 1.82) is 0 Å². The van der Waals surface area contributed by atoms with E-state index in [4.69, 9.17) is 4.74 Å². The number of aliphatic hydroxyl groups is 2. The van der Waals surface area contributed by atoms with E-state index in [0.717, 1.165) is 12.8 Å². The molecule has 104 valence electrons. The first-order chi connectivity index (χ1) is 8.76. The van der Waals surface area contributed by atoms with Crippen LogP contribution in [-0.4, -0.2) is 33.5 Å². The summed E-state index contributed by atoms with van der Waals surface area (Å²) in [7, 11) is 0. The summed E-state index contributed by atoms with van der Waals surface area (Å²) >= 11 is 0. The van der Waals surface area contributed by atoms with E-state index in [2.05, 4.69) is 13.2 Å². The second-order valence-corrected chi connectivity index (χ2v) is 6.47. The summed E-state index contributed by atoms with van der Waals surface area (Å²) in [6.07, 6.45) is 2.57. The fourth-order valence-corrected chi connectivity index (χ4v) is 4.11. The normalized spacial score (nSPS) is 49.6. The monoisotopic (exact) mass is 264 g/mol. The molecule has 0 aromatic rings. The average molecular weight is 264 g/mol. The predicted molar refractivity (Wildman–Crippen MR) is 69.3 cm³/mol. The third-order valence-corrected chi connectivity index (χ3v) is 5.53. The molecule has 19 heavy (non-hydrogen) atoms. The molecule has 2 aliphatic carbocycles. The van der Waals surface area contributed by atoms with Crippen LogP contribution in [0.15, 0.2) is 24.3 Å². The van der Waals surface area contributed by atoms with Gasteiger partial charge in [0.05, 0.1) is 5.57 Å². The second kappa shape index (κ2) is 3.49. The molecule has 3 rings (SSSR count). The van der Waals surface area contributed by atoms with Crippen molar-refractivity contribution < 1.29 is 19.7 Å². The van der Waals surface area contributed by atoms with Gasteiger partial charge in [-0.25, -0.2) is 4.79 Å². The molecule has 1 heterocycles. The Balaban J connectivity index is 2.14. The molecule has 0 unspecified atom stereocenters. The number of ether oxygens (including phenoxy) is 1. The molecule has 0 spiro atoms. The van der Waals surface area contributed by atoms with Gasteiger partial charge in [0.25, 0.3) is 0 Å². The van der Waals surface area contributed by atoms with E-state index in [1.807, 2.05) is 6.92 Å². The summed E-state index contributed by atoms with van der Waals surface area (Å²) in [6.45, 7) is 9.61. The van der Waals surface area contributed by atoms with Crippen LogP contribution in [0.1, 0.15) is 39.0 Å². The number of esters is 1. The lowest BCUT2D eigenvalue weighted by molar-refractivity contribution is -0.220. The molecule has 4 heteroatoms. The van der Waals surface area contributed by atoms with Crippen molar-refractivity contribution in [3.05, 3.63) is 24.3 Å². The number of rotatable bonds is 0. The lowest BCUT2D eigenvalue weighted by Crippen LogP contribution is -2.68. The van der Waals surface area contributed by atoms with Crippen molar-refractivity contribution in [2.75, 3.05) is 0 Å². The van der Waals surface area contributed by atoms with Crippen molar-refractivity contribution in [3.63, 3.8) is 0 Å². The molecule has 4 nitrogen and oxygen atoms in total. The lowest BCUT2D eigenvalue weighted by atomic mass is 9.51. The van der Waals surface area contributed by atoms with Gasteiger partial charge >= 0.3 is 5.97 Å². The number of carbonyl (C=O) groups is 1. The van der Waals surface area contributed by atoms with Gasteiger partial charge in [0.15, 0.2) is 6.10 Å². The van der Waals surface area contributed by atoms with Gasteiger partial charge in [0.2, 0.25) is 0 Å². The zero-order valence-corrected chi connectivity index (χ0v) is 11.2. The molecule has 3 fully saturated rings. The number of fused-ring (bicyclic) bond motifs is 3. The van der Waals surface area contributed by atoms with Gasteiger partial charge in [-0.1, -0.05) is 20.1 Å². The van der Waals surface area contributed by atoms with E-state index >= 15 is 0 Å². The van der Waals surface area contributed by atoms with E-state index in [1.165, 1.54) is 0 Å². The van der Waals surface area contributed by atoms with Crippen LogP contribution in [-0.2, 0) is 9.53 Å². The Hall–Kier alpha value is -1.13. The summed E-state index contributed by atoms with van der Waals surface area (Å²) in [5.74, 6) is -0.608. The molecule has 0 aromatic heterocycles. The van der Waals surface area contributed by atoms with E-state index in [1.54, 1.807) is 0 Å². The van der Waals surface area contributed by atoms with Crippen molar-refractivity contribution in [3.8, 4) is 0 Å². The minimum Gasteiger partial charge on any atom is -0.452 e. The van der Waals surface area contributed by atoms with Gasteiger partial charge in [-0.15, -0.1) is 0 Å². The van der Waals surface area contributed by atoms with Gasteiger partial charge in [0, 0.05) is 5.41 Å². The van der Waals surface area contributed by atoms with Gasteiger partial charge in [-0.05, 0) is 37.7 Å². The topological polar surface area (TPSA) is 66.8 Å². The maximum absolute atomic E-state index is 11.8. The third-order valence-electron chi connectivity index (χ3n) is 5.53. The minimum absolute atomic E-state index is 0.0614. The number of hydrogen-bond donors (Lipinski definition) is 2. The molecular weight excluding hydrogens is 244 g/mol. The zero-order valence-electron chi connectivity index (χ0n) is 11.2. The number of hydrogen-bond acceptors (Lipinski definition) is 4. The lowest BCUT2D eigenvalue weighted by Gasteiger charge is -2.58. The highest BCUT2D eigenvalue weighted by molar-refractivity contribution is 5.93. The molecular formula is C15H20O4. The third kappa shape index (κ3) is 1.29. The van der Waals surface area contributed by atoms with E-state index < -0.39 is 28.7 Å². The van der Waals surface area contributed by atoms with Crippen LogP contribution in [0.4, 0.5) is 0 Å². The maximum atomic E-state index is 11.8. The Morgan fingerprint density at radius 1 is 1.26 bits per heavy atom. The Labute approximate surface area is 112 Å². The summed E-state index contributed by atoms with van der Waals surface area (Å²) < 4.78 is 5.29. The highest BCUT2D eigenvalue weighted by atomic mass is 16.6. The second-order valence-electron chi connectivity index (χ2n) is 6.47. The smallest absolute Gasteiger partial charge is 0.337 e. The molecule has 0 aromatic carbocycles. The molecule has 0 amide bonds. The quantitative estimate of drug-likeness (QED) is 0.395. The molecule has 1 aliphatic heterocycles.